The van der Waals surface area contributed by atoms with Gasteiger partial charge in [-0.3, -0.25) is 14.8 Å². The molecule has 2 aromatic heterocycles. The molecule has 1 saturated heterocycles. The Morgan fingerprint density at radius 1 is 1.04 bits per heavy atom. The van der Waals surface area contributed by atoms with E-state index in [-0.39, 0.29) is 40.7 Å². The fourth-order valence-corrected chi connectivity index (χ4v) is 6.24. The van der Waals surface area contributed by atoms with Gasteiger partial charge in [-0.15, -0.1) is 0 Å². The van der Waals surface area contributed by atoms with Gasteiger partial charge in [0.05, 0.1) is 18.7 Å². The third kappa shape index (κ3) is 9.60. The van der Waals surface area contributed by atoms with Gasteiger partial charge in [0.15, 0.2) is 32.5 Å². The first-order chi connectivity index (χ1) is 24.9. The van der Waals surface area contributed by atoms with Crippen LogP contribution in [0.2, 0.25) is 5.02 Å². The molecule has 0 radical (unpaired) electrons. The highest BCUT2D eigenvalue weighted by molar-refractivity contribution is 7.54. The van der Waals surface area contributed by atoms with Crippen molar-refractivity contribution in [3.05, 3.63) is 88.8 Å². The number of imidazole rings is 1. The molecule has 52 heavy (non-hydrogen) atoms. The highest BCUT2D eigenvalue weighted by Crippen LogP contribution is 2.36. The van der Waals surface area contributed by atoms with E-state index in [1.807, 2.05) is 12.1 Å². The summed E-state index contributed by atoms with van der Waals surface area (Å²) >= 11 is 6.15. The third-order valence-corrected chi connectivity index (χ3v) is 9.11. The molecule has 1 fully saturated rings. The van der Waals surface area contributed by atoms with Crippen molar-refractivity contribution in [3.63, 3.8) is 0 Å². The zero-order valence-electron chi connectivity index (χ0n) is 27.3. The Balaban J connectivity index is 1.16. The minimum Gasteiger partial charge on any atom is -0.495 e. The lowest BCUT2D eigenvalue weighted by Gasteiger charge is -2.36. The quantitative estimate of drug-likeness (QED) is 0.0615. The molecule has 0 unspecified atom stereocenters. The molecule has 1 aliphatic heterocycles. The number of benzene rings is 2. The zero-order chi connectivity index (χ0) is 37.4. The summed E-state index contributed by atoms with van der Waals surface area (Å²) in [6, 6.07) is 10.6. The third-order valence-electron chi connectivity index (χ3n) is 7.73. The normalized spacial score (nSPS) is 12.9. The summed E-state index contributed by atoms with van der Waals surface area (Å²) in [5, 5.41) is 12.1. The van der Waals surface area contributed by atoms with Crippen LogP contribution in [0.1, 0.15) is 17.0 Å². The lowest BCUT2D eigenvalue weighted by atomic mass is 10.1. The summed E-state index contributed by atoms with van der Waals surface area (Å²) in [6.45, 7) is 0.986. The van der Waals surface area contributed by atoms with Gasteiger partial charge in [0.2, 0.25) is 5.91 Å². The van der Waals surface area contributed by atoms with Crippen molar-refractivity contribution in [2.24, 2.45) is 0 Å². The van der Waals surface area contributed by atoms with E-state index in [1.165, 1.54) is 23.2 Å². The van der Waals surface area contributed by atoms with E-state index in [0.29, 0.717) is 42.5 Å². The predicted molar refractivity (Wildman–Crippen MR) is 188 cm³/mol. The Morgan fingerprint density at radius 2 is 1.81 bits per heavy atom. The fourth-order valence-electron chi connectivity index (χ4n) is 5.18. The molecule has 5 rings (SSSR count). The number of ether oxygens (including phenoxy) is 3. The lowest BCUT2D eigenvalue weighted by molar-refractivity contribution is -0.129. The van der Waals surface area contributed by atoms with Gasteiger partial charge < -0.3 is 53.4 Å². The van der Waals surface area contributed by atoms with Gasteiger partial charge in [-0.2, -0.15) is 0 Å². The van der Waals surface area contributed by atoms with Gasteiger partial charge >= 0.3 is 14.8 Å². The van der Waals surface area contributed by atoms with E-state index in [4.69, 9.17) is 31.2 Å². The molecule has 1 amide bonds. The number of anilines is 2. The number of nitrogens with one attached hydrogen (secondary N) is 2. The van der Waals surface area contributed by atoms with Gasteiger partial charge in [-0.25, -0.2) is 19.2 Å². The van der Waals surface area contributed by atoms with Gasteiger partial charge in [-0.05, 0) is 36.4 Å². The molecular formula is C31H33ClFN7O10P2. The Morgan fingerprint density at radius 3 is 2.52 bits per heavy atom. The zero-order valence-corrected chi connectivity index (χ0v) is 29.9. The topological polar surface area (TPSA) is 225 Å². The van der Waals surface area contributed by atoms with Gasteiger partial charge in [0.1, 0.15) is 23.9 Å². The highest BCUT2D eigenvalue weighted by Gasteiger charge is 2.24. The van der Waals surface area contributed by atoms with Crippen molar-refractivity contribution in [3.8, 4) is 11.5 Å². The molecule has 0 spiro atoms. The maximum absolute atomic E-state index is 14.5. The molecule has 276 valence electrons. The van der Waals surface area contributed by atoms with Crippen molar-refractivity contribution in [1.29, 1.82) is 5.41 Å². The molecule has 1 aliphatic rings. The Kier molecular flexibility index (Phi) is 13.1. The smallest absolute Gasteiger partial charge is 0.495 e. The number of hydrogen-bond donors (Lipinski definition) is 6. The molecule has 0 saturated carbocycles. The van der Waals surface area contributed by atoms with Crippen molar-refractivity contribution in [2.75, 3.05) is 50.1 Å². The number of carbonyl (C=O) groups excluding carboxylic acids is 2. The molecule has 17 nitrogen and oxygen atoms in total. The lowest BCUT2D eigenvalue weighted by Crippen LogP contribution is -2.50. The number of nitrogens with zero attached hydrogens (tertiary/aromatic N) is 5. The number of piperazine rings is 1. The van der Waals surface area contributed by atoms with E-state index in [9.17, 15) is 33.6 Å². The number of aromatic nitrogens is 3. The number of carbonyl (C=O) groups is 2. The Labute approximate surface area is 303 Å². The minimum atomic E-state index is -3.04. The summed E-state index contributed by atoms with van der Waals surface area (Å²) in [5.74, 6) is -1.02. The first-order valence-corrected chi connectivity index (χ1v) is 18.1. The molecule has 2 aromatic carbocycles. The van der Waals surface area contributed by atoms with Crippen LogP contribution in [0.5, 0.6) is 11.5 Å². The monoisotopic (exact) mass is 779 g/mol. The average molecular weight is 780 g/mol. The van der Waals surface area contributed by atoms with E-state index in [0.717, 1.165) is 17.8 Å². The molecule has 4 aromatic rings. The van der Waals surface area contributed by atoms with E-state index in [2.05, 4.69) is 24.7 Å². The van der Waals surface area contributed by atoms with Crippen LogP contribution in [-0.4, -0.2) is 96.6 Å². The molecule has 0 bridgehead atoms. The Hall–Kier alpha value is -4.67. The van der Waals surface area contributed by atoms with Gasteiger partial charge in [0, 0.05) is 73.0 Å². The van der Waals surface area contributed by atoms with Crippen molar-refractivity contribution in [2.45, 2.75) is 13.3 Å². The van der Waals surface area contributed by atoms with Crippen LogP contribution in [0.3, 0.4) is 0 Å². The van der Waals surface area contributed by atoms with Crippen molar-refractivity contribution >= 4 is 63.2 Å². The minimum absolute atomic E-state index is 0.0778. The predicted octanol–water partition coefficient (Wildman–Crippen LogP) is 3.08. The first-order valence-electron chi connectivity index (χ1n) is 15.3. The molecule has 3 heterocycles. The maximum atomic E-state index is 14.5. The van der Waals surface area contributed by atoms with Crippen molar-refractivity contribution < 1.29 is 52.3 Å². The van der Waals surface area contributed by atoms with E-state index < -0.39 is 48.0 Å². The first kappa shape index (κ1) is 38.6. The van der Waals surface area contributed by atoms with Crippen LogP contribution in [0.4, 0.5) is 20.7 Å². The average Bonchev–Trinajstić information content (AvgIpc) is 3.61. The summed E-state index contributed by atoms with van der Waals surface area (Å²) in [6.07, 6.45) is 3.11. The van der Waals surface area contributed by atoms with E-state index >= 15 is 0 Å². The second-order valence-corrected chi connectivity index (χ2v) is 13.1. The number of pyridine rings is 1. The summed E-state index contributed by atoms with van der Waals surface area (Å²) in [4.78, 5) is 75.3. The van der Waals surface area contributed by atoms with Crippen LogP contribution in [-0.2, 0) is 27.6 Å². The van der Waals surface area contributed by atoms with Crippen LogP contribution in [0.15, 0.2) is 61.1 Å². The van der Waals surface area contributed by atoms with Crippen molar-refractivity contribution in [1.82, 2.24) is 19.4 Å². The van der Waals surface area contributed by atoms with Crippen LogP contribution in [0.25, 0.3) is 0 Å². The van der Waals surface area contributed by atoms with Crippen LogP contribution < -0.4 is 24.8 Å². The van der Waals surface area contributed by atoms with Crippen LogP contribution >= 0.6 is 28.6 Å². The number of halogens is 2. The largest absolute Gasteiger partial charge is 0.510 e. The Bertz CT molecular complexity index is 1910. The SMILES string of the molecule is COc1cc(N2CCN(C(=O)CNc3ncccc3C(=N)c3nccn3COC(=O)OCc3cc(P(O)O)cc(F)c3OP(O)O)CC2)ccc1Cl. The summed E-state index contributed by atoms with van der Waals surface area (Å²) in [7, 11) is -4.21. The molecule has 0 atom stereocenters. The summed E-state index contributed by atoms with van der Waals surface area (Å²) < 4.78 is 35.9. The second kappa shape index (κ2) is 17.7. The number of rotatable bonds is 14. The standard InChI is InChI=1S/C31H33ClFN7O10P2/c1-47-25-14-20(4-5-23(25)32)38-9-11-39(12-10-38)26(41)16-37-29-22(3-2-6-35-29)27(34)30-36-7-8-40(30)18-49-31(42)48-17-19-13-21(51(43)44)15-24(33)28(19)50-52(45)46/h2-8,13-15,34,43-46H,9-12,16-18H2,1H3,(H,35,37). The fraction of sp³-hybridized carbons (Fsp3) is 0.258. The second-order valence-electron chi connectivity index (χ2n) is 10.9. The number of amides is 1. The van der Waals surface area contributed by atoms with Gasteiger partial charge in [0.25, 0.3) is 0 Å². The number of hydrogen-bond acceptors (Lipinski definition) is 15. The molecule has 0 aliphatic carbocycles. The van der Waals surface area contributed by atoms with Crippen LogP contribution in [0, 0.1) is 11.2 Å². The molecular weight excluding hydrogens is 747 g/mol. The highest BCUT2D eigenvalue weighted by atomic mass is 35.5. The molecule has 6 N–H and O–H groups in total. The van der Waals surface area contributed by atoms with E-state index in [1.54, 1.807) is 30.2 Å². The number of methoxy groups -OCH3 is 1. The van der Waals surface area contributed by atoms with Gasteiger partial charge in [-0.1, -0.05) is 11.6 Å². The maximum Gasteiger partial charge on any atom is 0.510 e. The molecule has 21 heteroatoms. The summed E-state index contributed by atoms with van der Waals surface area (Å²) in [5.41, 5.74) is 0.943.